The van der Waals surface area contributed by atoms with Gasteiger partial charge in [-0.3, -0.25) is 0 Å². The summed E-state index contributed by atoms with van der Waals surface area (Å²) >= 11 is 2.06. The van der Waals surface area contributed by atoms with E-state index in [1.807, 2.05) is 23.0 Å². The van der Waals surface area contributed by atoms with Gasteiger partial charge in [0, 0.05) is 30.1 Å². The maximum atomic E-state index is 4.35. The highest BCUT2D eigenvalue weighted by molar-refractivity contribution is 7.99. The molecule has 0 aromatic carbocycles. The number of aromatic nitrogens is 2. The van der Waals surface area contributed by atoms with Crippen LogP contribution in [0.1, 0.15) is 18.4 Å². The number of rotatable bonds is 3. The van der Waals surface area contributed by atoms with Crippen molar-refractivity contribution < 1.29 is 0 Å². The first-order valence-corrected chi connectivity index (χ1v) is 7.31. The highest BCUT2D eigenvalue weighted by Crippen LogP contribution is 2.18. The van der Waals surface area contributed by atoms with Gasteiger partial charge in [0.05, 0.1) is 11.7 Å². The Morgan fingerprint density at radius 3 is 3.35 bits per heavy atom. The maximum absolute atomic E-state index is 4.35. The largest absolute Gasteiger partial charge is 0.309 e. The minimum atomic E-state index is 0.674. The molecule has 1 aliphatic rings. The summed E-state index contributed by atoms with van der Waals surface area (Å²) < 4.78 is 1.94. The Kier molecular flexibility index (Phi) is 3.34. The molecule has 0 bridgehead atoms. The smallest absolute Gasteiger partial charge is 0.0706 e. The number of thioether (sulfide) groups is 1. The van der Waals surface area contributed by atoms with Crippen LogP contribution in [-0.2, 0) is 6.54 Å². The Morgan fingerprint density at radius 1 is 1.47 bits per heavy atom. The van der Waals surface area contributed by atoms with E-state index in [-0.39, 0.29) is 0 Å². The Labute approximate surface area is 106 Å². The third kappa shape index (κ3) is 2.48. The predicted octanol–water partition coefficient (Wildman–Crippen LogP) is 2.32. The van der Waals surface area contributed by atoms with Crippen molar-refractivity contribution >= 4 is 17.3 Å². The summed E-state index contributed by atoms with van der Waals surface area (Å²) in [5.74, 6) is 2.58. The van der Waals surface area contributed by atoms with Crippen LogP contribution in [0.3, 0.4) is 0 Å². The molecule has 3 heterocycles. The van der Waals surface area contributed by atoms with Gasteiger partial charge < -0.3 is 5.32 Å². The molecule has 1 aliphatic heterocycles. The van der Waals surface area contributed by atoms with Crippen LogP contribution in [0.25, 0.3) is 5.52 Å². The topological polar surface area (TPSA) is 29.3 Å². The van der Waals surface area contributed by atoms with Crippen molar-refractivity contribution in [1.82, 2.24) is 14.9 Å². The first kappa shape index (κ1) is 11.1. The molecule has 1 fully saturated rings. The van der Waals surface area contributed by atoms with Crippen molar-refractivity contribution in [3.05, 3.63) is 36.2 Å². The van der Waals surface area contributed by atoms with Crippen LogP contribution in [0, 0.1) is 0 Å². The lowest BCUT2D eigenvalue weighted by Crippen LogP contribution is -2.33. The Bertz CT molecular complexity index is 488. The van der Waals surface area contributed by atoms with Crippen molar-refractivity contribution in [2.75, 3.05) is 11.5 Å². The van der Waals surface area contributed by atoms with Crippen molar-refractivity contribution in [2.24, 2.45) is 0 Å². The number of hydrogen-bond donors (Lipinski definition) is 1. The number of hydrogen-bond acceptors (Lipinski definition) is 3. The van der Waals surface area contributed by atoms with E-state index in [1.165, 1.54) is 35.4 Å². The molecule has 0 amide bonds. The molecule has 0 aliphatic carbocycles. The van der Waals surface area contributed by atoms with Crippen molar-refractivity contribution in [2.45, 2.75) is 25.4 Å². The Hall–Kier alpha value is -1.00. The van der Waals surface area contributed by atoms with E-state index in [9.17, 15) is 0 Å². The second-order valence-electron chi connectivity index (χ2n) is 4.50. The van der Waals surface area contributed by atoms with Gasteiger partial charge in [-0.25, -0.2) is 4.52 Å². The van der Waals surface area contributed by atoms with Gasteiger partial charge in [-0.1, -0.05) is 6.07 Å². The van der Waals surface area contributed by atoms with Gasteiger partial charge in [0.15, 0.2) is 0 Å². The van der Waals surface area contributed by atoms with Gasteiger partial charge in [0.2, 0.25) is 0 Å². The molecule has 0 saturated carbocycles. The zero-order valence-corrected chi connectivity index (χ0v) is 10.6. The van der Waals surface area contributed by atoms with Gasteiger partial charge in [-0.2, -0.15) is 16.9 Å². The zero-order chi connectivity index (χ0) is 11.5. The normalized spacial score (nSPS) is 20.8. The fraction of sp³-hybridized carbons (Fsp3) is 0.462. The molecular weight excluding hydrogens is 230 g/mol. The van der Waals surface area contributed by atoms with Crippen LogP contribution in [0.5, 0.6) is 0 Å². The van der Waals surface area contributed by atoms with Gasteiger partial charge >= 0.3 is 0 Å². The SMILES string of the molecule is c1ccn2ncc(CNC3CCCSC3)c2c1. The summed E-state index contributed by atoms with van der Waals surface area (Å²) in [7, 11) is 0. The van der Waals surface area contributed by atoms with Gasteiger partial charge in [0.1, 0.15) is 0 Å². The number of nitrogens with one attached hydrogen (secondary N) is 1. The molecule has 1 unspecified atom stereocenters. The summed E-state index contributed by atoms with van der Waals surface area (Å²) in [6.07, 6.45) is 6.62. The Balaban J connectivity index is 1.68. The number of fused-ring (bicyclic) bond motifs is 1. The molecular formula is C13H17N3S. The number of nitrogens with zero attached hydrogens (tertiary/aromatic N) is 2. The third-order valence-corrected chi connectivity index (χ3v) is 4.46. The van der Waals surface area contributed by atoms with Crippen LogP contribution >= 0.6 is 11.8 Å². The lowest BCUT2D eigenvalue weighted by atomic mass is 10.1. The molecule has 17 heavy (non-hydrogen) atoms. The molecule has 1 N–H and O–H groups in total. The molecule has 3 nitrogen and oxygen atoms in total. The second kappa shape index (κ2) is 5.10. The summed E-state index contributed by atoms with van der Waals surface area (Å²) in [6.45, 7) is 0.929. The quantitative estimate of drug-likeness (QED) is 0.902. The van der Waals surface area contributed by atoms with Gasteiger partial charge in [0.25, 0.3) is 0 Å². The molecule has 0 spiro atoms. The van der Waals surface area contributed by atoms with E-state index in [1.54, 1.807) is 0 Å². The summed E-state index contributed by atoms with van der Waals surface area (Å²) in [6, 6.07) is 6.87. The van der Waals surface area contributed by atoms with Crippen molar-refractivity contribution in [1.29, 1.82) is 0 Å². The first-order valence-electron chi connectivity index (χ1n) is 6.16. The average Bonchev–Trinajstić information content (AvgIpc) is 2.81. The summed E-state index contributed by atoms with van der Waals surface area (Å²) in [5.41, 5.74) is 2.50. The maximum Gasteiger partial charge on any atom is 0.0706 e. The van der Waals surface area contributed by atoms with E-state index in [0.717, 1.165) is 6.54 Å². The molecule has 90 valence electrons. The van der Waals surface area contributed by atoms with Crippen LogP contribution in [0.2, 0.25) is 0 Å². The summed E-state index contributed by atoms with van der Waals surface area (Å²) in [5, 5.41) is 8.00. The minimum absolute atomic E-state index is 0.674. The monoisotopic (exact) mass is 247 g/mol. The summed E-state index contributed by atoms with van der Waals surface area (Å²) in [4.78, 5) is 0. The van der Waals surface area contributed by atoms with E-state index in [0.29, 0.717) is 6.04 Å². The van der Waals surface area contributed by atoms with Crippen LogP contribution in [0.4, 0.5) is 0 Å². The molecule has 1 atom stereocenters. The first-order chi connectivity index (χ1) is 8.43. The lowest BCUT2D eigenvalue weighted by molar-refractivity contribution is 0.508. The van der Waals surface area contributed by atoms with Crippen molar-refractivity contribution in [3.8, 4) is 0 Å². The average molecular weight is 247 g/mol. The standard InChI is InChI=1S/C13H17N3S/c1-2-6-16-13(5-1)11(9-15-16)8-14-12-4-3-7-17-10-12/h1-2,5-6,9,12,14H,3-4,7-8,10H2. The molecule has 4 heteroatoms. The molecule has 1 saturated heterocycles. The predicted molar refractivity (Wildman–Crippen MR) is 72.4 cm³/mol. The highest BCUT2D eigenvalue weighted by Gasteiger charge is 2.13. The fourth-order valence-electron chi connectivity index (χ4n) is 2.28. The van der Waals surface area contributed by atoms with E-state index >= 15 is 0 Å². The zero-order valence-electron chi connectivity index (χ0n) is 9.80. The number of pyridine rings is 1. The lowest BCUT2D eigenvalue weighted by Gasteiger charge is -2.22. The fourth-order valence-corrected chi connectivity index (χ4v) is 3.39. The third-order valence-electron chi connectivity index (χ3n) is 3.25. The van der Waals surface area contributed by atoms with Gasteiger partial charge in [-0.15, -0.1) is 0 Å². The molecule has 0 radical (unpaired) electrons. The van der Waals surface area contributed by atoms with Crippen LogP contribution < -0.4 is 5.32 Å². The van der Waals surface area contributed by atoms with E-state index in [2.05, 4.69) is 34.3 Å². The van der Waals surface area contributed by atoms with Crippen LogP contribution in [-0.4, -0.2) is 27.2 Å². The van der Waals surface area contributed by atoms with E-state index in [4.69, 9.17) is 0 Å². The molecule has 2 aromatic rings. The van der Waals surface area contributed by atoms with Crippen LogP contribution in [0.15, 0.2) is 30.6 Å². The second-order valence-corrected chi connectivity index (χ2v) is 5.65. The van der Waals surface area contributed by atoms with Gasteiger partial charge in [-0.05, 0) is 30.7 Å². The molecule has 3 rings (SSSR count). The van der Waals surface area contributed by atoms with Crippen molar-refractivity contribution in [3.63, 3.8) is 0 Å². The highest BCUT2D eigenvalue weighted by atomic mass is 32.2. The Morgan fingerprint density at radius 2 is 2.47 bits per heavy atom. The minimum Gasteiger partial charge on any atom is -0.309 e. The molecule has 2 aromatic heterocycles. The van der Waals surface area contributed by atoms with E-state index < -0.39 is 0 Å².